The van der Waals surface area contributed by atoms with Gasteiger partial charge in [0.1, 0.15) is 0 Å². The van der Waals surface area contributed by atoms with Gasteiger partial charge in [-0.25, -0.2) is 0 Å². The third kappa shape index (κ3) is 4.17. The van der Waals surface area contributed by atoms with Gasteiger partial charge in [-0.2, -0.15) is 0 Å². The number of thioether (sulfide) groups is 1. The zero-order valence-electron chi connectivity index (χ0n) is 7.71. The topological polar surface area (TPSA) is 50.7 Å². The molecule has 1 rings (SSSR count). The lowest BCUT2D eigenvalue weighted by molar-refractivity contribution is -0.140. The first-order chi connectivity index (χ1) is 6.33. The molecule has 13 heavy (non-hydrogen) atoms. The summed E-state index contributed by atoms with van der Waals surface area (Å²) in [5.41, 5.74) is 0. The third-order valence-electron chi connectivity index (χ3n) is 1.63. The van der Waals surface area contributed by atoms with Gasteiger partial charge in [-0.1, -0.05) is 11.8 Å². The largest absolute Gasteiger partial charge is 0.469 e. The summed E-state index contributed by atoms with van der Waals surface area (Å²) in [4.78, 5) is 15.0. The van der Waals surface area contributed by atoms with Crippen LogP contribution in [0.4, 0.5) is 0 Å². The SMILES string of the molecule is COC(=O)CCNC1=NCCCS1. The van der Waals surface area contributed by atoms with Gasteiger partial charge in [0.05, 0.1) is 13.5 Å². The Morgan fingerprint density at radius 3 is 3.23 bits per heavy atom. The lowest BCUT2D eigenvalue weighted by atomic mass is 10.4. The monoisotopic (exact) mass is 202 g/mol. The highest BCUT2D eigenvalue weighted by Crippen LogP contribution is 2.09. The number of esters is 1. The highest BCUT2D eigenvalue weighted by Gasteiger charge is 2.05. The average molecular weight is 202 g/mol. The first-order valence-electron chi connectivity index (χ1n) is 4.31. The molecule has 0 aromatic carbocycles. The van der Waals surface area contributed by atoms with Crippen molar-refractivity contribution in [3.05, 3.63) is 0 Å². The molecule has 0 saturated heterocycles. The van der Waals surface area contributed by atoms with E-state index in [1.807, 2.05) is 0 Å². The smallest absolute Gasteiger partial charge is 0.307 e. The van der Waals surface area contributed by atoms with E-state index < -0.39 is 0 Å². The van der Waals surface area contributed by atoms with Crippen LogP contribution in [0.2, 0.25) is 0 Å². The van der Waals surface area contributed by atoms with E-state index in [2.05, 4.69) is 15.0 Å². The number of ether oxygens (including phenoxy) is 1. The number of hydrogen-bond acceptors (Lipinski definition) is 5. The molecule has 74 valence electrons. The molecule has 5 heteroatoms. The van der Waals surface area contributed by atoms with Gasteiger partial charge in [-0.05, 0) is 6.42 Å². The third-order valence-corrected chi connectivity index (χ3v) is 2.67. The Morgan fingerprint density at radius 2 is 2.62 bits per heavy atom. The fourth-order valence-corrected chi connectivity index (χ4v) is 1.79. The van der Waals surface area contributed by atoms with E-state index in [1.54, 1.807) is 11.8 Å². The second kappa shape index (κ2) is 5.85. The second-order valence-electron chi connectivity index (χ2n) is 2.64. The maximum Gasteiger partial charge on any atom is 0.307 e. The van der Waals surface area contributed by atoms with Crippen LogP contribution in [0.1, 0.15) is 12.8 Å². The van der Waals surface area contributed by atoms with Crippen LogP contribution < -0.4 is 5.32 Å². The quantitative estimate of drug-likeness (QED) is 0.682. The van der Waals surface area contributed by atoms with Crippen LogP contribution in [0.25, 0.3) is 0 Å². The first kappa shape index (κ1) is 10.4. The predicted molar refractivity (Wildman–Crippen MR) is 54.0 cm³/mol. The summed E-state index contributed by atoms with van der Waals surface area (Å²) < 4.78 is 4.51. The molecule has 0 unspecified atom stereocenters. The van der Waals surface area contributed by atoms with E-state index in [4.69, 9.17) is 0 Å². The molecule has 1 heterocycles. The Bertz CT molecular complexity index is 206. The van der Waals surface area contributed by atoms with Gasteiger partial charge in [0, 0.05) is 18.8 Å². The highest BCUT2D eigenvalue weighted by atomic mass is 32.2. The molecule has 1 aliphatic heterocycles. The Kier molecular flexibility index (Phi) is 4.67. The fourth-order valence-electron chi connectivity index (χ4n) is 0.940. The molecule has 1 aliphatic rings. The zero-order chi connectivity index (χ0) is 9.52. The van der Waals surface area contributed by atoms with Gasteiger partial charge in [-0.15, -0.1) is 0 Å². The van der Waals surface area contributed by atoms with E-state index in [0.717, 1.165) is 23.9 Å². The van der Waals surface area contributed by atoms with Crippen molar-refractivity contribution in [1.29, 1.82) is 0 Å². The molecule has 1 N–H and O–H groups in total. The standard InChI is InChI=1S/C8H14N2O2S/c1-12-7(11)3-5-10-8-9-4-2-6-13-8/h2-6H2,1H3,(H,9,10). The van der Waals surface area contributed by atoms with Crippen LogP contribution in [0.15, 0.2) is 4.99 Å². The summed E-state index contributed by atoms with van der Waals surface area (Å²) in [7, 11) is 1.40. The van der Waals surface area contributed by atoms with Gasteiger partial charge in [-0.3, -0.25) is 9.79 Å². The summed E-state index contributed by atoms with van der Waals surface area (Å²) in [5.74, 6) is 0.929. The van der Waals surface area contributed by atoms with E-state index in [9.17, 15) is 4.79 Å². The van der Waals surface area contributed by atoms with Crippen molar-refractivity contribution in [3.63, 3.8) is 0 Å². The Labute approximate surface area is 82.1 Å². The number of carbonyl (C=O) groups excluding carboxylic acids is 1. The summed E-state index contributed by atoms with van der Waals surface area (Å²) in [6.07, 6.45) is 1.54. The maximum atomic E-state index is 10.7. The van der Waals surface area contributed by atoms with Crippen molar-refractivity contribution in [2.45, 2.75) is 12.8 Å². The molecule has 0 amide bonds. The molecule has 0 spiro atoms. The molecule has 0 aromatic heterocycles. The van der Waals surface area contributed by atoms with Gasteiger partial charge in [0.15, 0.2) is 5.17 Å². The van der Waals surface area contributed by atoms with Crippen LogP contribution in [0.5, 0.6) is 0 Å². The normalized spacial score (nSPS) is 16.2. The average Bonchev–Trinajstić information content (AvgIpc) is 2.19. The van der Waals surface area contributed by atoms with Crippen molar-refractivity contribution < 1.29 is 9.53 Å². The van der Waals surface area contributed by atoms with Gasteiger partial charge >= 0.3 is 5.97 Å². The molecular weight excluding hydrogens is 188 g/mol. The molecule has 0 aromatic rings. The zero-order valence-corrected chi connectivity index (χ0v) is 8.52. The number of carbonyl (C=O) groups is 1. The number of rotatable bonds is 3. The minimum Gasteiger partial charge on any atom is -0.469 e. The Morgan fingerprint density at radius 1 is 1.77 bits per heavy atom. The van der Waals surface area contributed by atoms with Crippen molar-refractivity contribution >= 4 is 22.9 Å². The molecule has 0 aliphatic carbocycles. The Hall–Kier alpha value is -0.710. The lowest BCUT2D eigenvalue weighted by Gasteiger charge is -2.12. The number of amidine groups is 1. The van der Waals surface area contributed by atoms with Crippen LogP contribution >= 0.6 is 11.8 Å². The predicted octanol–water partition coefficient (Wildman–Crippen LogP) is 0.632. The number of aliphatic imine (C=N–C) groups is 1. The van der Waals surface area contributed by atoms with Crippen molar-refractivity contribution in [3.8, 4) is 0 Å². The van der Waals surface area contributed by atoms with Gasteiger partial charge in [0.25, 0.3) is 0 Å². The summed E-state index contributed by atoms with van der Waals surface area (Å²) in [5, 5.41) is 4.05. The van der Waals surface area contributed by atoms with E-state index >= 15 is 0 Å². The second-order valence-corrected chi connectivity index (χ2v) is 3.73. The number of methoxy groups -OCH3 is 1. The van der Waals surface area contributed by atoms with Gasteiger partial charge < -0.3 is 10.1 Å². The fraction of sp³-hybridized carbons (Fsp3) is 0.750. The lowest BCUT2D eigenvalue weighted by Crippen LogP contribution is -2.26. The molecular formula is C8H14N2O2S. The Balaban J connectivity index is 2.11. The summed E-state index contributed by atoms with van der Waals surface area (Å²) in [6, 6.07) is 0. The van der Waals surface area contributed by atoms with Crippen LogP contribution in [0.3, 0.4) is 0 Å². The molecule has 0 atom stereocenters. The molecule has 0 fully saturated rings. The minimum atomic E-state index is -0.186. The van der Waals surface area contributed by atoms with Gasteiger partial charge in [0.2, 0.25) is 0 Å². The maximum absolute atomic E-state index is 10.7. The molecule has 0 bridgehead atoms. The summed E-state index contributed by atoms with van der Waals surface area (Å²) in [6.45, 7) is 1.51. The van der Waals surface area contributed by atoms with Crippen molar-refractivity contribution in [1.82, 2.24) is 5.32 Å². The van der Waals surface area contributed by atoms with Crippen LogP contribution in [-0.4, -0.2) is 37.1 Å². The number of hydrogen-bond donors (Lipinski definition) is 1. The van der Waals surface area contributed by atoms with Crippen LogP contribution in [0, 0.1) is 0 Å². The number of nitrogens with one attached hydrogen (secondary N) is 1. The van der Waals surface area contributed by atoms with Crippen LogP contribution in [-0.2, 0) is 9.53 Å². The van der Waals surface area contributed by atoms with E-state index in [-0.39, 0.29) is 5.97 Å². The van der Waals surface area contributed by atoms with E-state index in [0.29, 0.717) is 13.0 Å². The molecule has 0 saturated carbocycles. The first-order valence-corrected chi connectivity index (χ1v) is 5.29. The van der Waals surface area contributed by atoms with E-state index in [1.165, 1.54) is 7.11 Å². The highest BCUT2D eigenvalue weighted by molar-refractivity contribution is 8.13. The minimum absolute atomic E-state index is 0.186. The van der Waals surface area contributed by atoms with Crippen molar-refractivity contribution in [2.24, 2.45) is 4.99 Å². The number of nitrogens with zero attached hydrogens (tertiary/aromatic N) is 1. The molecule has 0 radical (unpaired) electrons. The van der Waals surface area contributed by atoms with Crippen molar-refractivity contribution in [2.75, 3.05) is 26.0 Å². The molecule has 4 nitrogen and oxygen atoms in total. The summed E-state index contributed by atoms with van der Waals surface area (Å²) >= 11 is 1.71.